The Bertz CT molecular complexity index is 1170. The zero-order valence-electron chi connectivity index (χ0n) is 20.1. The fourth-order valence-electron chi connectivity index (χ4n) is 3.99. The highest BCUT2D eigenvalue weighted by atomic mass is 19.1. The first-order valence-electron chi connectivity index (χ1n) is 11.4. The van der Waals surface area contributed by atoms with Crippen molar-refractivity contribution in [2.45, 2.75) is 52.2 Å². The molecule has 1 saturated heterocycles. The van der Waals surface area contributed by atoms with E-state index in [-0.39, 0.29) is 11.5 Å². The van der Waals surface area contributed by atoms with Crippen molar-refractivity contribution in [3.05, 3.63) is 42.3 Å². The molecule has 0 unspecified atom stereocenters. The van der Waals surface area contributed by atoms with Crippen molar-refractivity contribution < 1.29 is 9.18 Å². The molecule has 1 aliphatic heterocycles. The molecule has 9 nitrogen and oxygen atoms in total. The second kappa shape index (κ2) is 9.38. The van der Waals surface area contributed by atoms with Crippen LogP contribution in [-0.4, -0.2) is 51.7 Å². The Labute approximate surface area is 198 Å². The lowest BCUT2D eigenvalue weighted by molar-refractivity contribution is 0.243. The van der Waals surface area contributed by atoms with E-state index in [2.05, 4.69) is 67.1 Å². The minimum absolute atomic E-state index is 0.192. The van der Waals surface area contributed by atoms with Crippen LogP contribution >= 0.6 is 0 Å². The van der Waals surface area contributed by atoms with E-state index in [1.807, 2.05) is 32.9 Å². The highest BCUT2D eigenvalue weighted by Crippen LogP contribution is 2.23. The molecular formula is C24H31FN8O. The van der Waals surface area contributed by atoms with Crippen molar-refractivity contribution in [3.63, 3.8) is 0 Å². The number of benzene rings is 1. The zero-order valence-corrected chi connectivity index (χ0v) is 20.1. The van der Waals surface area contributed by atoms with Crippen LogP contribution in [0.1, 0.15) is 34.6 Å². The highest BCUT2D eigenvalue weighted by molar-refractivity contribution is 5.90. The summed E-state index contributed by atoms with van der Waals surface area (Å²) in [6, 6.07) is 9.66. The molecule has 2 atom stereocenters. The van der Waals surface area contributed by atoms with Gasteiger partial charge in [-0.05, 0) is 65.0 Å². The van der Waals surface area contributed by atoms with Crippen molar-refractivity contribution in [2.24, 2.45) is 0 Å². The van der Waals surface area contributed by atoms with Crippen molar-refractivity contribution in [1.82, 2.24) is 25.6 Å². The maximum absolute atomic E-state index is 14.4. The first kappa shape index (κ1) is 23.6. The van der Waals surface area contributed by atoms with Crippen LogP contribution in [0.2, 0.25) is 0 Å². The van der Waals surface area contributed by atoms with E-state index in [1.165, 1.54) is 12.3 Å². The van der Waals surface area contributed by atoms with Gasteiger partial charge in [0.1, 0.15) is 0 Å². The SMILES string of the molecule is C[C@@H]1CN(c2ccc(Nc3ncc4cc(F)c(NC(=O)NC(C)(C)C)nc4n3)cc2)C[C@H](C)N1. The molecule has 34 heavy (non-hydrogen) atoms. The highest BCUT2D eigenvalue weighted by Gasteiger charge is 2.21. The molecule has 180 valence electrons. The van der Waals surface area contributed by atoms with Crippen molar-refractivity contribution in [3.8, 4) is 0 Å². The number of fused-ring (bicyclic) bond motifs is 1. The predicted octanol–water partition coefficient (Wildman–Crippen LogP) is 4.01. The molecule has 3 aromatic rings. The molecule has 0 spiro atoms. The number of aromatic nitrogens is 3. The minimum atomic E-state index is -0.659. The van der Waals surface area contributed by atoms with E-state index in [9.17, 15) is 9.18 Å². The summed E-state index contributed by atoms with van der Waals surface area (Å²) < 4.78 is 14.4. The number of rotatable bonds is 4. The summed E-state index contributed by atoms with van der Waals surface area (Å²) in [7, 11) is 0. The van der Waals surface area contributed by atoms with E-state index >= 15 is 0 Å². The average Bonchev–Trinajstić information content (AvgIpc) is 2.73. The largest absolute Gasteiger partial charge is 0.368 e. The van der Waals surface area contributed by atoms with Crippen molar-refractivity contribution >= 4 is 40.2 Å². The Kier molecular flexibility index (Phi) is 6.52. The molecule has 0 aliphatic carbocycles. The summed E-state index contributed by atoms with van der Waals surface area (Å²) in [5.74, 6) is -0.524. The topological polar surface area (TPSA) is 107 Å². The number of carbonyl (C=O) groups is 1. The number of amides is 2. The van der Waals surface area contributed by atoms with Gasteiger partial charge in [-0.1, -0.05) is 0 Å². The third-order valence-corrected chi connectivity index (χ3v) is 5.29. The molecule has 2 aromatic heterocycles. The number of urea groups is 1. The van der Waals surface area contributed by atoms with Gasteiger partial charge in [-0.2, -0.15) is 4.98 Å². The van der Waals surface area contributed by atoms with Crippen LogP contribution in [0.5, 0.6) is 0 Å². The van der Waals surface area contributed by atoms with Crippen LogP contribution in [0.15, 0.2) is 36.5 Å². The molecule has 0 bridgehead atoms. The predicted molar refractivity (Wildman–Crippen MR) is 133 cm³/mol. The number of piperazine rings is 1. The normalized spacial score (nSPS) is 18.6. The molecule has 0 saturated carbocycles. The van der Waals surface area contributed by atoms with Crippen LogP contribution in [0.25, 0.3) is 11.0 Å². The number of carbonyl (C=O) groups excluding carboxylic acids is 1. The molecule has 10 heteroatoms. The average molecular weight is 467 g/mol. The lowest BCUT2D eigenvalue weighted by Crippen LogP contribution is -2.54. The van der Waals surface area contributed by atoms with Crippen LogP contribution in [0.4, 0.5) is 32.3 Å². The molecule has 1 aliphatic rings. The number of hydrogen-bond donors (Lipinski definition) is 4. The third kappa shape index (κ3) is 5.88. The Morgan fingerprint density at radius 1 is 1.12 bits per heavy atom. The first-order chi connectivity index (χ1) is 16.1. The summed E-state index contributed by atoms with van der Waals surface area (Å²) >= 11 is 0. The Morgan fingerprint density at radius 2 is 1.79 bits per heavy atom. The van der Waals surface area contributed by atoms with Gasteiger partial charge in [-0.3, -0.25) is 5.32 Å². The number of hydrogen-bond acceptors (Lipinski definition) is 7. The van der Waals surface area contributed by atoms with Gasteiger partial charge in [0.25, 0.3) is 0 Å². The number of halogens is 1. The van der Waals surface area contributed by atoms with E-state index in [0.717, 1.165) is 24.5 Å². The van der Waals surface area contributed by atoms with Gasteiger partial charge in [0.15, 0.2) is 17.3 Å². The maximum atomic E-state index is 14.4. The first-order valence-corrected chi connectivity index (χ1v) is 11.4. The second-order valence-corrected chi connectivity index (χ2v) is 9.80. The van der Waals surface area contributed by atoms with Gasteiger partial charge in [0, 0.05) is 53.7 Å². The lowest BCUT2D eigenvalue weighted by atomic mass is 10.1. The molecule has 1 aromatic carbocycles. The van der Waals surface area contributed by atoms with E-state index in [1.54, 1.807) is 0 Å². The number of anilines is 4. The lowest BCUT2D eigenvalue weighted by Gasteiger charge is -2.37. The monoisotopic (exact) mass is 466 g/mol. The molecule has 4 N–H and O–H groups in total. The summed E-state index contributed by atoms with van der Waals surface area (Å²) in [6.45, 7) is 11.8. The van der Waals surface area contributed by atoms with Gasteiger partial charge in [-0.25, -0.2) is 19.2 Å². The molecule has 2 amide bonds. The minimum Gasteiger partial charge on any atom is -0.368 e. The number of pyridine rings is 1. The molecular weight excluding hydrogens is 435 g/mol. The van der Waals surface area contributed by atoms with Crippen LogP contribution in [0, 0.1) is 5.82 Å². The molecule has 3 heterocycles. The van der Waals surface area contributed by atoms with Gasteiger partial charge in [-0.15, -0.1) is 0 Å². The Morgan fingerprint density at radius 3 is 2.44 bits per heavy atom. The van der Waals surface area contributed by atoms with Crippen LogP contribution in [0.3, 0.4) is 0 Å². The van der Waals surface area contributed by atoms with Gasteiger partial charge < -0.3 is 20.9 Å². The fraction of sp³-hybridized carbons (Fsp3) is 0.417. The van der Waals surface area contributed by atoms with Crippen LogP contribution in [-0.2, 0) is 0 Å². The maximum Gasteiger partial charge on any atom is 0.320 e. The second-order valence-electron chi connectivity index (χ2n) is 9.80. The molecule has 1 fully saturated rings. The molecule has 4 rings (SSSR count). The third-order valence-electron chi connectivity index (χ3n) is 5.29. The standard InChI is InChI=1S/C24H31FN8O/c1-14-12-33(13-15(2)27-14)18-8-6-17(7-9-18)28-22-26-11-16-10-19(25)21(29-20(16)30-22)31-23(34)32-24(3,4)5/h6-11,14-15,27H,12-13H2,1-5H3,(H3,26,28,29,30,31,32,34)/t14-,15+. The Hall–Kier alpha value is -3.53. The summed E-state index contributed by atoms with van der Waals surface area (Å²) in [5, 5.41) is 12.3. The van der Waals surface area contributed by atoms with Crippen LogP contribution < -0.4 is 26.2 Å². The zero-order chi connectivity index (χ0) is 24.5. The fourth-order valence-corrected chi connectivity index (χ4v) is 3.99. The van der Waals surface area contributed by atoms with E-state index < -0.39 is 17.4 Å². The van der Waals surface area contributed by atoms with Gasteiger partial charge in [0.2, 0.25) is 5.95 Å². The van der Waals surface area contributed by atoms with E-state index in [4.69, 9.17) is 0 Å². The van der Waals surface area contributed by atoms with Gasteiger partial charge in [0.05, 0.1) is 0 Å². The van der Waals surface area contributed by atoms with Crippen molar-refractivity contribution in [2.75, 3.05) is 28.6 Å². The smallest absolute Gasteiger partial charge is 0.320 e. The molecule has 0 radical (unpaired) electrons. The number of nitrogens with zero attached hydrogens (tertiary/aromatic N) is 4. The Balaban J connectivity index is 1.49. The number of nitrogens with one attached hydrogen (secondary N) is 4. The van der Waals surface area contributed by atoms with E-state index in [0.29, 0.717) is 23.4 Å². The summed E-state index contributed by atoms with van der Waals surface area (Å²) in [6.07, 6.45) is 1.50. The quantitative estimate of drug-likeness (QED) is 0.460. The summed E-state index contributed by atoms with van der Waals surface area (Å²) in [4.78, 5) is 27.3. The summed E-state index contributed by atoms with van der Waals surface area (Å²) in [5.41, 5.74) is 1.79. The van der Waals surface area contributed by atoms with Gasteiger partial charge >= 0.3 is 6.03 Å². The van der Waals surface area contributed by atoms with Crippen molar-refractivity contribution in [1.29, 1.82) is 0 Å².